The summed E-state index contributed by atoms with van der Waals surface area (Å²) in [4.78, 5) is 12.5. The van der Waals surface area contributed by atoms with Gasteiger partial charge in [0.2, 0.25) is 0 Å². The molecule has 2 aliphatic heterocycles. The van der Waals surface area contributed by atoms with Crippen LogP contribution in [-0.4, -0.2) is 36.1 Å². The SMILES string of the molecule is Cl.NC(=O)N1C[C@@H]2C[C@H]1CN2. The Labute approximate surface area is 71.5 Å². The third kappa shape index (κ3) is 1.28. The summed E-state index contributed by atoms with van der Waals surface area (Å²) in [6.45, 7) is 1.73. The number of rotatable bonds is 0. The molecule has 4 nitrogen and oxygen atoms in total. The van der Waals surface area contributed by atoms with Crippen LogP contribution in [0.5, 0.6) is 0 Å². The van der Waals surface area contributed by atoms with E-state index in [-0.39, 0.29) is 18.4 Å². The third-order valence-corrected chi connectivity index (χ3v) is 2.34. The number of fused-ring (bicyclic) bond motifs is 2. The topological polar surface area (TPSA) is 58.4 Å². The standard InChI is InChI=1S/C6H11N3O.ClH/c7-6(10)9-3-4-1-5(9)2-8-4;/h4-5,8H,1-3H2,(H2,7,10);1H/t4-,5-;/m0./s1. The average molecular weight is 178 g/mol. The van der Waals surface area contributed by atoms with Gasteiger partial charge in [-0.1, -0.05) is 0 Å². The zero-order chi connectivity index (χ0) is 7.14. The molecule has 64 valence electrons. The Balaban J connectivity index is 0.000000605. The van der Waals surface area contributed by atoms with Gasteiger partial charge in [-0.2, -0.15) is 0 Å². The maximum Gasteiger partial charge on any atom is 0.315 e. The Bertz CT molecular complexity index is 175. The van der Waals surface area contributed by atoms with Crippen LogP contribution in [0.15, 0.2) is 0 Å². The highest BCUT2D eigenvalue weighted by atomic mass is 35.5. The Kier molecular flexibility index (Phi) is 2.25. The fourth-order valence-electron chi connectivity index (χ4n) is 1.83. The van der Waals surface area contributed by atoms with E-state index >= 15 is 0 Å². The van der Waals surface area contributed by atoms with E-state index in [4.69, 9.17) is 5.73 Å². The number of urea groups is 1. The molecule has 0 aromatic heterocycles. The molecule has 2 aliphatic rings. The van der Waals surface area contributed by atoms with Crippen molar-refractivity contribution in [2.75, 3.05) is 13.1 Å². The van der Waals surface area contributed by atoms with Crippen molar-refractivity contribution in [3.05, 3.63) is 0 Å². The van der Waals surface area contributed by atoms with Gasteiger partial charge >= 0.3 is 6.03 Å². The van der Waals surface area contributed by atoms with Gasteiger partial charge in [-0.3, -0.25) is 0 Å². The normalized spacial score (nSPS) is 33.6. The summed E-state index contributed by atoms with van der Waals surface area (Å²) in [7, 11) is 0. The van der Waals surface area contributed by atoms with E-state index in [1.54, 1.807) is 4.90 Å². The van der Waals surface area contributed by atoms with E-state index < -0.39 is 0 Å². The monoisotopic (exact) mass is 177 g/mol. The van der Waals surface area contributed by atoms with Crippen LogP contribution in [0.25, 0.3) is 0 Å². The zero-order valence-corrected chi connectivity index (χ0v) is 6.93. The number of primary amides is 1. The van der Waals surface area contributed by atoms with Gasteiger partial charge in [0.15, 0.2) is 0 Å². The molecule has 2 bridgehead atoms. The van der Waals surface area contributed by atoms with Crippen molar-refractivity contribution in [1.82, 2.24) is 10.2 Å². The van der Waals surface area contributed by atoms with Crippen molar-refractivity contribution in [3.63, 3.8) is 0 Å². The second-order valence-corrected chi connectivity index (χ2v) is 2.99. The van der Waals surface area contributed by atoms with Gasteiger partial charge in [-0.15, -0.1) is 12.4 Å². The first-order valence-corrected chi connectivity index (χ1v) is 3.57. The van der Waals surface area contributed by atoms with Crippen LogP contribution >= 0.6 is 12.4 Å². The molecule has 0 saturated carbocycles. The lowest BCUT2D eigenvalue weighted by molar-refractivity contribution is 0.194. The highest BCUT2D eigenvalue weighted by Gasteiger charge is 2.39. The highest BCUT2D eigenvalue weighted by molar-refractivity contribution is 5.85. The average Bonchev–Trinajstić information content (AvgIpc) is 2.44. The van der Waals surface area contributed by atoms with Crippen LogP contribution in [0.3, 0.4) is 0 Å². The third-order valence-electron chi connectivity index (χ3n) is 2.34. The van der Waals surface area contributed by atoms with Gasteiger partial charge in [0, 0.05) is 25.2 Å². The Morgan fingerprint density at radius 3 is 2.64 bits per heavy atom. The number of halogens is 1. The van der Waals surface area contributed by atoms with Gasteiger partial charge in [-0.05, 0) is 6.42 Å². The van der Waals surface area contributed by atoms with E-state index in [1.165, 1.54) is 0 Å². The minimum atomic E-state index is -0.269. The number of nitrogens with zero attached hydrogens (tertiary/aromatic N) is 1. The van der Waals surface area contributed by atoms with Gasteiger partial charge in [0.1, 0.15) is 0 Å². The molecule has 2 fully saturated rings. The molecule has 0 aliphatic carbocycles. The van der Waals surface area contributed by atoms with E-state index in [0.717, 1.165) is 19.5 Å². The lowest BCUT2D eigenvalue weighted by Gasteiger charge is -2.25. The lowest BCUT2D eigenvalue weighted by Crippen LogP contribution is -2.48. The summed E-state index contributed by atoms with van der Waals surface area (Å²) in [5, 5.41) is 3.29. The minimum absolute atomic E-state index is 0. The number of piperazine rings is 1. The van der Waals surface area contributed by atoms with Crippen LogP contribution in [0.1, 0.15) is 6.42 Å². The first kappa shape index (κ1) is 8.62. The summed E-state index contributed by atoms with van der Waals surface area (Å²) in [6.07, 6.45) is 1.09. The van der Waals surface area contributed by atoms with Gasteiger partial charge < -0.3 is 16.0 Å². The van der Waals surface area contributed by atoms with Crippen LogP contribution < -0.4 is 11.1 Å². The molecule has 2 saturated heterocycles. The van der Waals surface area contributed by atoms with Crippen LogP contribution in [0.2, 0.25) is 0 Å². The number of hydrogen-bond donors (Lipinski definition) is 2. The summed E-state index contributed by atoms with van der Waals surface area (Å²) in [5.74, 6) is 0. The van der Waals surface area contributed by atoms with Crippen molar-refractivity contribution >= 4 is 18.4 Å². The molecule has 0 spiro atoms. The first-order valence-electron chi connectivity index (χ1n) is 3.57. The molecule has 2 atom stereocenters. The van der Waals surface area contributed by atoms with E-state index in [1.807, 2.05) is 0 Å². The summed E-state index contributed by atoms with van der Waals surface area (Å²) in [5.41, 5.74) is 5.14. The number of nitrogens with one attached hydrogen (secondary N) is 1. The lowest BCUT2D eigenvalue weighted by atomic mass is 10.2. The van der Waals surface area contributed by atoms with Crippen molar-refractivity contribution in [2.45, 2.75) is 18.5 Å². The van der Waals surface area contributed by atoms with Gasteiger partial charge in [-0.25, -0.2) is 4.79 Å². The number of likely N-dealkylation sites (tertiary alicyclic amines) is 1. The van der Waals surface area contributed by atoms with Gasteiger partial charge in [0.05, 0.1) is 0 Å². The molecule has 2 heterocycles. The highest BCUT2D eigenvalue weighted by Crippen LogP contribution is 2.22. The largest absolute Gasteiger partial charge is 0.351 e. The Hall–Kier alpha value is -0.480. The van der Waals surface area contributed by atoms with E-state index in [9.17, 15) is 4.79 Å². The quantitative estimate of drug-likeness (QED) is 0.526. The molecule has 0 unspecified atom stereocenters. The molecule has 11 heavy (non-hydrogen) atoms. The Morgan fingerprint density at radius 1 is 1.64 bits per heavy atom. The molecular weight excluding hydrogens is 166 g/mol. The number of nitrogens with two attached hydrogens (primary N) is 1. The predicted octanol–water partition coefficient (Wildman–Crippen LogP) is -0.467. The van der Waals surface area contributed by atoms with E-state index in [0.29, 0.717) is 12.1 Å². The molecule has 2 rings (SSSR count). The molecule has 2 amide bonds. The first-order chi connectivity index (χ1) is 4.77. The molecular formula is C6H12ClN3O. The maximum atomic E-state index is 10.7. The van der Waals surface area contributed by atoms with E-state index in [2.05, 4.69) is 5.32 Å². The van der Waals surface area contributed by atoms with Crippen molar-refractivity contribution in [2.24, 2.45) is 5.73 Å². The second kappa shape index (κ2) is 2.87. The van der Waals surface area contributed by atoms with Crippen molar-refractivity contribution in [1.29, 1.82) is 0 Å². The summed E-state index contributed by atoms with van der Waals surface area (Å²) >= 11 is 0. The van der Waals surface area contributed by atoms with Crippen molar-refractivity contribution in [3.8, 4) is 0 Å². The number of carbonyl (C=O) groups is 1. The second-order valence-electron chi connectivity index (χ2n) is 2.99. The smallest absolute Gasteiger partial charge is 0.315 e. The van der Waals surface area contributed by atoms with Crippen LogP contribution in [0, 0.1) is 0 Å². The molecule has 0 aromatic carbocycles. The molecule has 3 N–H and O–H groups in total. The Morgan fingerprint density at radius 2 is 2.36 bits per heavy atom. The van der Waals surface area contributed by atoms with Crippen LogP contribution in [-0.2, 0) is 0 Å². The van der Waals surface area contributed by atoms with Gasteiger partial charge in [0.25, 0.3) is 0 Å². The van der Waals surface area contributed by atoms with Crippen LogP contribution in [0.4, 0.5) is 4.79 Å². The fraction of sp³-hybridized carbons (Fsp3) is 0.833. The molecule has 0 aromatic rings. The number of amides is 2. The summed E-state index contributed by atoms with van der Waals surface area (Å²) in [6, 6.07) is 0.619. The maximum absolute atomic E-state index is 10.7. The summed E-state index contributed by atoms with van der Waals surface area (Å²) < 4.78 is 0. The molecule has 0 radical (unpaired) electrons. The molecule has 5 heteroatoms. The predicted molar refractivity (Wildman–Crippen MR) is 43.7 cm³/mol. The van der Waals surface area contributed by atoms with Crippen molar-refractivity contribution < 1.29 is 4.79 Å². The fourth-order valence-corrected chi connectivity index (χ4v) is 1.83. The number of hydrogen-bond acceptors (Lipinski definition) is 2. The minimum Gasteiger partial charge on any atom is -0.351 e. The number of carbonyl (C=O) groups excluding carboxylic acids is 1. The zero-order valence-electron chi connectivity index (χ0n) is 6.12.